The highest BCUT2D eigenvalue weighted by Crippen LogP contribution is 2.17. The maximum atomic E-state index is 11.7. The Morgan fingerprint density at radius 3 is 3.06 bits per heavy atom. The Morgan fingerprint density at radius 2 is 2.41 bits per heavy atom. The predicted octanol–water partition coefficient (Wildman–Crippen LogP) is 1.62. The molecule has 17 heavy (non-hydrogen) atoms. The van der Waals surface area contributed by atoms with Gasteiger partial charge in [0.05, 0.1) is 17.8 Å². The summed E-state index contributed by atoms with van der Waals surface area (Å²) in [6.07, 6.45) is 1.44. The van der Waals surface area contributed by atoms with Crippen LogP contribution in [0.1, 0.15) is 17.4 Å². The number of amides is 1. The third-order valence-electron chi connectivity index (χ3n) is 1.80. The fourth-order valence-electron chi connectivity index (χ4n) is 1.06. The van der Waals surface area contributed by atoms with Gasteiger partial charge in [0.15, 0.2) is 10.9 Å². The van der Waals surface area contributed by atoms with Gasteiger partial charge in [0.25, 0.3) is 5.91 Å². The van der Waals surface area contributed by atoms with Gasteiger partial charge in [-0.25, -0.2) is 9.97 Å². The molecule has 0 saturated carbocycles. The summed E-state index contributed by atoms with van der Waals surface area (Å²) in [5.41, 5.74) is 0.203. The lowest BCUT2D eigenvalue weighted by Crippen LogP contribution is -2.28. The molecule has 0 aromatic carbocycles. The monoisotopic (exact) mass is 275 g/mol. The maximum Gasteiger partial charge on any atom is 0.271 e. The fraction of sp³-hybridized carbons (Fsp3) is 0.500. The number of thioether (sulfide) groups is 1. The van der Waals surface area contributed by atoms with Gasteiger partial charge in [-0.05, 0) is 5.75 Å². The molecule has 1 rings (SSSR count). The lowest BCUT2D eigenvalue weighted by molar-refractivity contribution is 0.0931. The molecule has 0 aliphatic rings. The topological polar surface area (TPSA) is 64.1 Å². The van der Waals surface area contributed by atoms with Crippen LogP contribution in [0.25, 0.3) is 0 Å². The number of rotatable bonds is 6. The molecule has 94 valence electrons. The number of carbonyl (C=O) groups is 1. The van der Waals surface area contributed by atoms with Crippen LogP contribution in [0, 0.1) is 0 Å². The van der Waals surface area contributed by atoms with Crippen molar-refractivity contribution in [3.63, 3.8) is 0 Å². The predicted molar refractivity (Wildman–Crippen MR) is 67.6 cm³/mol. The fourth-order valence-corrected chi connectivity index (χ4v) is 1.78. The third kappa shape index (κ3) is 4.49. The summed E-state index contributed by atoms with van der Waals surface area (Å²) >= 11 is 7.34. The Kier molecular flexibility index (Phi) is 6.25. The molecule has 0 aliphatic heterocycles. The summed E-state index contributed by atoms with van der Waals surface area (Å²) in [5.74, 6) is 0.527. The van der Waals surface area contributed by atoms with Gasteiger partial charge in [0.2, 0.25) is 0 Å². The van der Waals surface area contributed by atoms with Crippen molar-refractivity contribution >= 4 is 29.3 Å². The van der Waals surface area contributed by atoms with E-state index in [1.165, 1.54) is 18.0 Å². The van der Waals surface area contributed by atoms with Crippen molar-refractivity contribution in [2.75, 3.05) is 26.0 Å². The normalized spacial score (nSPS) is 10.3. The molecule has 1 aromatic rings. The number of nitrogens with one attached hydrogen (secondary N) is 1. The highest BCUT2D eigenvalue weighted by atomic mass is 35.5. The number of hydrogen-bond acceptors (Lipinski definition) is 5. The van der Waals surface area contributed by atoms with Crippen molar-refractivity contribution in [1.29, 1.82) is 0 Å². The maximum absolute atomic E-state index is 11.7. The Hall–Kier alpha value is -0.850. The molecule has 0 unspecified atom stereocenters. The number of ether oxygens (including phenoxy) is 1. The summed E-state index contributed by atoms with van der Waals surface area (Å²) in [4.78, 5) is 19.9. The smallest absolute Gasteiger partial charge is 0.271 e. The van der Waals surface area contributed by atoms with E-state index in [1.807, 2.05) is 6.92 Å². The van der Waals surface area contributed by atoms with Crippen LogP contribution < -0.4 is 5.32 Å². The molecule has 1 amide bonds. The van der Waals surface area contributed by atoms with Gasteiger partial charge in [-0.2, -0.15) is 0 Å². The minimum absolute atomic E-state index is 0.203. The van der Waals surface area contributed by atoms with Crippen molar-refractivity contribution in [2.45, 2.75) is 12.1 Å². The van der Waals surface area contributed by atoms with Crippen molar-refractivity contribution in [1.82, 2.24) is 15.3 Å². The summed E-state index contributed by atoms with van der Waals surface area (Å²) < 4.78 is 4.84. The minimum atomic E-state index is -0.313. The molecule has 0 fully saturated rings. The third-order valence-corrected chi connectivity index (χ3v) is 2.82. The lowest BCUT2D eigenvalue weighted by atomic mass is 10.4. The van der Waals surface area contributed by atoms with E-state index in [2.05, 4.69) is 15.3 Å². The quantitative estimate of drug-likeness (QED) is 0.486. The number of methoxy groups -OCH3 is 1. The number of hydrogen-bond donors (Lipinski definition) is 1. The highest BCUT2D eigenvalue weighted by Gasteiger charge is 2.13. The molecule has 1 heterocycles. The number of nitrogens with zero attached hydrogens (tertiary/aromatic N) is 2. The first-order chi connectivity index (χ1) is 8.19. The van der Waals surface area contributed by atoms with Crippen LogP contribution in [0.2, 0.25) is 5.02 Å². The van der Waals surface area contributed by atoms with E-state index in [0.717, 1.165) is 5.75 Å². The number of carbonyl (C=O) groups excluding carboxylic acids is 1. The molecule has 5 nitrogen and oxygen atoms in total. The van der Waals surface area contributed by atoms with Crippen molar-refractivity contribution < 1.29 is 9.53 Å². The van der Waals surface area contributed by atoms with Crippen molar-refractivity contribution in [2.24, 2.45) is 0 Å². The summed E-state index contributed by atoms with van der Waals surface area (Å²) in [6.45, 7) is 2.86. The van der Waals surface area contributed by atoms with Crippen LogP contribution in [0.4, 0.5) is 0 Å². The van der Waals surface area contributed by atoms with E-state index in [0.29, 0.717) is 18.3 Å². The molecule has 0 spiro atoms. The standard InChI is InChI=1S/C10H14ClN3O2S/c1-3-17-10-13-6-7(11)8(14-10)9(15)12-4-5-16-2/h6H,3-5H2,1-2H3,(H,12,15). The average Bonchev–Trinajstić information content (AvgIpc) is 2.32. The van der Waals surface area contributed by atoms with Gasteiger partial charge in [-0.15, -0.1) is 0 Å². The molecular weight excluding hydrogens is 262 g/mol. The Bertz CT molecular complexity index is 390. The van der Waals surface area contributed by atoms with Crippen LogP contribution in [0.5, 0.6) is 0 Å². The Balaban J connectivity index is 2.73. The minimum Gasteiger partial charge on any atom is -0.383 e. The SMILES string of the molecule is CCSc1ncc(Cl)c(C(=O)NCCOC)n1. The molecular formula is C10H14ClN3O2S. The van der Waals surface area contributed by atoms with Crippen molar-refractivity contribution in [3.8, 4) is 0 Å². The van der Waals surface area contributed by atoms with Crippen LogP contribution in [-0.2, 0) is 4.74 Å². The van der Waals surface area contributed by atoms with E-state index < -0.39 is 0 Å². The zero-order valence-corrected chi connectivity index (χ0v) is 11.3. The first-order valence-electron chi connectivity index (χ1n) is 5.11. The zero-order valence-electron chi connectivity index (χ0n) is 9.70. The van der Waals surface area contributed by atoms with Crippen LogP contribution >= 0.6 is 23.4 Å². The highest BCUT2D eigenvalue weighted by molar-refractivity contribution is 7.99. The van der Waals surface area contributed by atoms with E-state index in [1.54, 1.807) is 7.11 Å². The molecule has 7 heteroatoms. The van der Waals surface area contributed by atoms with E-state index in [4.69, 9.17) is 16.3 Å². The lowest BCUT2D eigenvalue weighted by Gasteiger charge is -2.06. The number of aromatic nitrogens is 2. The largest absolute Gasteiger partial charge is 0.383 e. The Morgan fingerprint density at radius 1 is 1.65 bits per heavy atom. The molecule has 0 saturated heterocycles. The summed E-state index contributed by atoms with van der Waals surface area (Å²) in [6, 6.07) is 0. The summed E-state index contributed by atoms with van der Waals surface area (Å²) in [7, 11) is 1.57. The van der Waals surface area contributed by atoms with Crippen LogP contribution in [0.3, 0.4) is 0 Å². The second-order valence-electron chi connectivity index (χ2n) is 3.03. The van der Waals surface area contributed by atoms with Crippen molar-refractivity contribution in [3.05, 3.63) is 16.9 Å². The first kappa shape index (κ1) is 14.2. The molecule has 0 aliphatic carbocycles. The number of halogens is 1. The summed E-state index contributed by atoms with van der Waals surface area (Å²) in [5, 5.41) is 3.46. The van der Waals surface area contributed by atoms with E-state index >= 15 is 0 Å². The molecule has 1 N–H and O–H groups in total. The van der Waals surface area contributed by atoms with Gasteiger partial charge in [0, 0.05) is 13.7 Å². The average molecular weight is 276 g/mol. The van der Waals surface area contributed by atoms with Gasteiger partial charge in [-0.1, -0.05) is 30.3 Å². The van der Waals surface area contributed by atoms with Gasteiger partial charge < -0.3 is 10.1 Å². The van der Waals surface area contributed by atoms with Gasteiger partial charge in [0.1, 0.15) is 0 Å². The molecule has 0 bridgehead atoms. The van der Waals surface area contributed by atoms with Gasteiger partial charge in [-0.3, -0.25) is 4.79 Å². The molecule has 0 radical (unpaired) electrons. The van der Waals surface area contributed by atoms with Gasteiger partial charge >= 0.3 is 0 Å². The second-order valence-corrected chi connectivity index (χ2v) is 4.67. The zero-order chi connectivity index (χ0) is 12.7. The van der Waals surface area contributed by atoms with E-state index in [9.17, 15) is 4.79 Å². The van der Waals surface area contributed by atoms with Crippen LogP contribution in [0.15, 0.2) is 11.4 Å². The van der Waals surface area contributed by atoms with Crippen LogP contribution in [-0.4, -0.2) is 41.9 Å². The molecule has 0 atom stereocenters. The second kappa shape index (κ2) is 7.47. The molecule has 1 aromatic heterocycles. The van der Waals surface area contributed by atoms with E-state index in [-0.39, 0.29) is 16.6 Å². The first-order valence-corrected chi connectivity index (χ1v) is 6.47. The Labute approximate surface area is 109 Å².